The van der Waals surface area contributed by atoms with Gasteiger partial charge in [-0.1, -0.05) is 102 Å². The minimum absolute atomic E-state index is 0.214. The van der Waals surface area contributed by atoms with E-state index in [1.165, 1.54) is 28.3 Å². The number of anilines is 1. The van der Waals surface area contributed by atoms with E-state index in [4.69, 9.17) is 4.74 Å². The first-order chi connectivity index (χ1) is 20.7. The van der Waals surface area contributed by atoms with Crippen molar-refractivity contribution < 1.29 is 9.53 Å². The van der Waals surface area contributed by atoms with Crippen molar-refractivity contribution in [2.45, 2.75) is 25.4 Å². The molecule has 0 spiro atoms. The summed E-state index contributed by atoms with van der Waals surface area (Å²) in [4.78, 5) is 12.3. The molecule has 0 bridgehead atoms. The molecule has 2 unspecified atom stereocenters. The number of aromatic nitrogens is 3. The molecule has 1 N–H and O–H groups in total. The number of rotatable bonds is 8. The van der Waals surface area contributed by atoms with Crippen molar-refractivity contribution in [1.82, 2.24) is 15.0 Å². The second kappa shape index (κ2) is 11.3. The summed E-state index contributed by atoms with van der Waals surface area (Å²) >= 11 is 0. The maximum Gasteiger partial charge on any atom is 0.411 e. The third-order valence-electron chi connectivity index (χ3n) is 7.93. The first kappa shape index (κ1) is 25.7. The predicted molar refractivity (Wildman–Crippen MR) is 166 cm³/mol. The quantitative estimate of drug-likeness (QED) is 0.207. The molecule has 1 aliphatic rings. The van der Waals surface area contributed by atoms with E-state index in [9.17, 15) is 4.79 Å². The number of hydrogen-bond acceptors (Lipinski definition) is 4. The Kier molecular flexibility index (Phi) is 6.94. The summed E-state index contributed by atoms with van der Waals surface area (Å²) < 4.78 is 7.12. The van der Waals surface area contributed by atoms with Gasteiger partial charge in [-0.05, 0) is 76.4 Å². The van der Waals surface area contributed by atoms with Gasteiger partial charge in [0, 0.05) is 11.3 Å². The molecule has 42 heavy (non-hydrogen) atoms. The Bertz CT molecular complexity index is 1850. The summed E-state index contributed by atoms with van der Waals surface area (Å²) in [6.07, 6.45) is 3.74. The van der Waals surface area contributed by atoms with Gasteiger partial charge in [0.15, 0.2) is 0 Å². The van der Waals surface area contributed by atoms with E-state index < -0.39 is 6.09 Å². The number of nitrogens with one attached hydrogen (secondary N) is 1. The Morgan fingerprint density at radius 2 is 1.62 bits per heavy atom. The van der Waals surface area contributed by atoms with Crippen molar-refractivity contribution >= 4 is 22.6 Å². The summed E-state index contributed by atoms with van der Waals surface area (Å²) in [7, 11) is 0. The number of carbonyl (C=O) groups is 1. The van der Waals surface area contributed by atoms with E-state index in [1.54, 1.807) is 4.68 Å². The monoisotopic (exact) mass is 550 g/mol. The zero-order valence-electron chi connectivity index (χ0n) is 23.1. The SMILES string of the molecule is O=C(Nc1cccc(-c2cn(-c3ccc(C4CC4Cc4ccc5ccccc5c4)cc3)nn2)c1)OCc1ccccc1. The number of nitrogens with zero attached hydrogens (tertiary/aromatic N) is 3. The third kappa shape index (κ3) is 5.79. The second-order valence-corrected chi connectivity index (χ2v) is 10.9. The second-order valence-electron chi connectivity index (χ2n) is 10.9. The summed E-state index contributed by atoms with van der Waals surface area (Å²) in [6, 6.07) is 41.1. The normalized spacial score (nSPS) is 15.8. The average molecular weight is 551 g/mol. The van der Waals surface area contributed by atoms with Crippen LogP contribution in [0.25, 0.3) is 27.7 Å². The summed E-state index contributed by atoms with van der Waals surface area (Å²) in [6.45, 7) is 0.214. The molecule has 206 valence electrons. The lowest BCUT2D eigenvalue weighted by Crippen LogP contribution is -2.13. The highest BCUT2D eigenvalue weighted by Crippen LogP contribution is 2.49. The van der Waals surface area contributed by atoms with Crippen LogP contribution in [0.3, 0.4) is 0 Å². The lowest BCUT2D eigenvalue weighted by atomic mass is 10.0. The van der Waals surface area contributed by atoms with E-state index in [0.29, 0.717) is 17.5 Å². The van der Waals surface area contributed by atoms with Crippen LogP contribution in [0.15, 0.2) is 128 Å². The molecule has 1 aliphatic carbocycles. The van der Waals surface area contributed by atoms with Gasteiger partial charge in [0.2, 0.25) is 0 Å². The molecule has 1 aromatic heterocycles. The van der Waals surface area contributed by atoms with Crippen molar-refractivity contribution in [2.75, 3.05) is 5.32 Å². The molecule has 0 aliphatic heterocycles. The van der Waals surface area contributed by atoms with Gasteiger partial charge >= 0.3 is 6.09 Å². The van der Waals surface area contributed by atoms with Gasteiger partial charge in [0.25, 0.3) is 0 Å². The molecule has 6 aromatic rings. The molecule has 2 atom stereocenters. The Morgan fingerprint density at radius 3 is 2.48 bits per heavy atom. The van der Waals surface area contributed by atoms with E-state index in [1.807, 2.05) is 60.8 Å². The van der Waals surface area contributed by atoms with Gasteiger partial charge in [-0.25, -0.2) is 9.48 Å². The molecule has 7 rings (SSSR count). The van der Waals surface area contributed by atoms with Crippen molar-refractivity contribution in [2.24, 2.45) is 5.92 Å². The van der Waals surface area contributed by atoms with Gasteiger partial charge in [-0.2, -0.15) is 0 Å². The molecule has 1 heterocycles. The predicted octanol–water partition coefficient (Wildman–Crippen LogP) is 8.18. The van der Waals surface area contributed by atoms with E-state index >= 15 is 0 Å². The molecular weight excluding hydrogens is 520 g/mol. The van der Waals surface area contributed by atoms with Gasteiger partial charge in [-0.3, -0.25) is 5.32 Å². The number of fused-ring (bicyclic) bond motifs is 1. The van der Waals surface area contributed by atoms with Crippen LogP contribution < -0.4 is 5.32 Å². The van der Waals surface area contributed by atoms with E-state index in [2.05, 4.69) is 82.4 Å². The highest BCUT2D eigenvalue weighted by atomic mass is 16.5. The molecule has 1 amide bonds. The van der Waals surface area contributed by atoms with Gasteiger partial charge < -0.3 is 4.74 Å². The first-order valence-electron chi connectivity index (χ1n) is 14.3. The molecule has 5 aromatic carbocycles. The van der Waals surface area contributed by atoms with Crippen LogP contribution in [0.2, 0.25) is 0 Å². The molecule has 6 heteroatoms. The summed E-state index contributed by atoms with van der Waals surface area (Å²) in [5, 5.41) is 14.1. The Hall–Kier alpha value is -5.23. The van der Waals surface area contributed by atoms with Crippen LogP contribution in [-0.4, -0.2) is 21.1 Å². The maximum atomic E-state index is 12.3. The summed E-state index contributed by atoms with van der Waals surface area (Å²) in [5.41, 5.74) is 6.89. The molecule has 0 radical (unpaired) electrons. The molecule has 0 saturated heterocycles. The van der Waals surface area contributed by atoms with Gasteiger partial charge in [-0.15, -0.1) is 5.10 Å². The minimum Gasteiger partial charge on any atom is -0.444 e. The highest BCUT2D eigenvalue weighted by Gasteiger charge is 2.37. The molecule has 1 saturated carbocycles. The number of amides is 1. The van der Waals surface area contributed by atoms with E-state index in [0.717, 1.165) is 28.9 Å². The topological polar surface area (TPSA) is 69.0 Å². The van der Waals surface area contributed by atoms with Crippen LogP contribution in [0.1, 0.15) is 29.0 Å². The van der Waals surface area contributed by atoms with Crippen molar-refractivity contribution in [3.8, 4) is 16.9 Å². The zero-order valence-corrected chi connectivity index (χ0v) is 23.1. The number of hydrogen-bond donors (Lipinski definition) is 1. The van der Waals surface area contributed by atoms with Crippen LogP contribution in [0.5, 0.6) is 0 Å². The fourth-order valence-corrected chi connectivity index (χ4v) is 5.58. The van der Waals surface area contributed by atoms with Crippen LogP contribution in [-0.2, 0) is 17.8 Å². The zero-order chi connectivity index (χ0) is 28.3. The largest absolute Gasteiger partial charge is 0.444 e. The Labute approximate surface area is 244 Å². The maximum absolute atomic E-state index is 12.3. The van der Waals surface area contributed by atoms with Crippen LogP contribution in [0, 0.1) is 5.92 Å². The Morgan fingerprint density at radius 1 is 0.810 bits per heavy atom. The van der Waals surface area contributed by atoms with Crippen molar-refractivity contribution in [1.29, 1.82) is 0 Å². The molecule has 1 fully saturated rings. The van der Waals surface area contributed by atoms with Crippen LogP contribution in [0.4, 0.5) is 10.5 Å². The average Bonchev–Trinajstić information content (AvgIpc) is 3.62. The molecule has 6 nitrogen and oxygen atoms in total. The fourth-order valence-electron chi connectivity index (χ4n) is 5.58. The van der Waals surface area contributed by atoms with E-state index in [-0.39, 0.29) is 6.61 Å². The van der Waals surface area contributed by atoms with Crippen molar-refractivity contribution in [3.05, 3.63) is 144 Å². The number of ether oxygens (including phenoxy) is 1. The lowest BCUT2D eigenvalue weighted by Gasteiger charge is -2.08. The number of benzene rings is 5. The van der Waals surface area contributed by atoms with Crippen molar-refractivity contribution in [3.63, 3.8) is 0 Å². The Balaban J connectivity index is 0.967. The standard InChI is InChI=1S/C36H30N4O2/c41-36(42-24-25-7-2-1-3-8-25)37-32-12-6-11-30(21-32)35-23-40(39-38-35)33-17-15-28(16-18-33)34-22-31(34)20-26-13-14-27-9-4-5-10-29(27)19-26/h1-19,21,23,31,34H,20,22,24H2,(H,37,41). The molecular formula is C36H30N4O2. The highest BCUT2D eigenvalue weighted by molar-refractivity contribution is 5.85. The third-order valence-corrected chi connectivity index (χ3v) is 7.93. The minimum atomic E-state index is -0.505. The van der Waals surface area contributed by atoms with Gasteiger partial charge in [0.05, 0.1) is 11.9 Å². The smallest absolute Gasteiger partial charge is 0.411 e. The van der Waals surface area contributed by atoms with Crippen LogP contribution >= 0.6 is 0 Å². The fraction of sp³-hybridized carbons (Fsp3) is 0.139. The first-order valence-corrected chi connectivity index (χ1v) is 14.3. The summed E-state index contributed by atoms with van der Waals surface area (Å²) in [5.74, 6) is 1.29. The van der Waals surface area contributed by atoms with Gasteiger partial charge in [0.1, 0.15) is 12.3 Å². The number of carbonyl (C=O) groups excluding carboxylic acids is 1. The lowest BCUT2D eigenvalue weighted by molar-refractivity contribution is 0.155.